The number of carboxylic acid groups (broad SMARTS) is 1. The van der Waals surface area contributed by atoms with Gasteiger partial charge in [-0.05, 0) is 40.5 Å². The van der Waals surface area contributed by atoms with Crippen molar-refractivity contribution in [1.82, 2.24) is 15.3 Å². The lowest BCUT2D eigenvalue weighted by Gasteiger charge is -2.33. The molecule has 1 saturated heterocycles. The van der Waals surface area contributed by atoms with E-state index in [1.807, 2.05) is 25.7 Å². The first-order valence-corrected chi connectivity index (χ1v) is 7.97. The monoisotopic (exact) mass is 336 g/mol. The third-order valence-electron chi connectivity index (χ3n) is 3.62. The quantitative estimate of drug-likeness (QED) is 0.869. The Morgan fingerprint density at radius 2 is 2.12 bits per heavy atom. The highest BCUT2D eigenvalue weighted by Gasteiger charge is 2.26. The third-order valence-corrected chi connectivity index (χ3v) is 3.62. The molecule has 1 atom stereocenters. The number of nitrogens with one attached hydrogen (secondary N) is 1. The summed E-state index contributed by atoms with van der Waals surface area (Å²) in [5.74, 6) is -0.560. The van der Waals surface area contributed by atoms with E-state index in [0.29, 0.717) is 18.2 Å². The predicted molar refractivity (Wildman–Crippen MR) is 88.3 cm³/mol. The van der Waals surface area contributed by atoms with Gasteiger partial charge in [-0.15, -0.1) is 0 Å². The minimum atomic E-state index is -1.04. The van der Waals surface area contributed by atoms with E-state index < -0.39 is 17.7 Å². The molecule has 1 aliphatic heterocycles. The zero-order valence-electron chi connectivity index (χ0n) is 14.5. The molecule has 2 rings (SSSR count). The number of aromatic carboxylic acids is 1. The molecule has 1 aliphatic rings. The number of carbonyl (C=O) groups is 2. The van der Waals surface area contributed by atoms with Crippen molar-refractivity contribution in [3.05, 3.63) is 17.5 Å². The summed E-state index contributed by atoms with van der Waals surface area (Å²) in [5.41, 5.74) is -0.0142. The van der Waals surface area contributed by atoms with Gasteiger partial charge in [0, 0.05) is 25.3 Å². The van der Waals surface area contributed by atoms with Crippen LogP contribution in [0.15, 0.2) is 6.20 Å². The Balaban J connectivity index is 2.01. The highest BCUT2D eigenvalue weighted by molar-refractivity contribution is 5.88. The SMILES string of the molecule is Cc1nc(N2CCC[C@H](NC(=O)OC(C)(C)C)C2)ncc1C(=O)O. The topological polar surface area (TPSA) is 105 Å². The number of carboxylic acids is 1. The van der Waals surface area contributed by atoms with E-state index in [1.165, 1.54) is 6.20 Å². The van der Waals surface area contributed by atoms with Crippen LogP contribution in [0.2, 0.25) is 0 Å². The van der Waals surface area contributed by atoms with Gasteiger partial charge >= 0.3 is 12.1 Å². The summed E-state index contributed by atoms with van der Waals surface area (Å²) in [4.78, 5) is 33.3. The van der Waals surface area contributed by atoms with Crippen molar-refractivity contribution in [2.24, 2.45) is 0 Å². The van der Waals surface area contributed by atoms with Gasteiger partial charge in [-0.1, -0.05) is 0 Å². The molecule has 0 saturated carbocycles. The number of rotatable bonds is 3. The summed E-state index contributed by atoms with van der Waals surface area (Å²) >= 11 is 0. The van der Waals surface area contributed by atoms with Crippen LogP contribution >= 0.6 is 0 Å². The number of alkyl carbamates (subject to hydrolysis) is 1. The maximum absolute atomic E-state index is 11.9. The maximum atomic E-state index is 11.9. The van der Waals surface area contributed by atoms with Gasteiger partial charge in [0.25, 0.3) is 0 Å². The van der Waals surface area contributed by atoms with Crippen LogP contribution in [0, 0.1) is 6.92 Å². The van der Waals surface area contributed by atoms with Crippen molar-refractivity contribution >= 4 is 18.0 Å². The lowest BCUT2D eigenvalue weighted by Crippen LogP contribution is -2.49. The summed E-state index contributed by atoms with van der Waals surface area (Å²) < 4.78 is 5.28. The molecule has 24 heavy (non-hydrogen) atoms. The molecule has 1 aromatic rings. The van der Waals surface area contributed by atoms with E-state index >= 15 is 0 Å². The van der Waals surface area contributed by atoms with Crippen molar-refractivity contribution in [2.45, 2.75) is 52.2 Å². The lowest BCUT2D eigenvalue weighted by molar-refractivity contribution is 0.0499. The number of hydrogen-bond donors (Lipinski definition) is 2. The van der Waals surface area contributed by atoms with Crippen molar-refractivity contribution in [2.75, 3.05) is 18.0 Å². The van der Waals surface area contributed by atoms with Crippen LogP contribution < -0.4 is 10.2 Å². The number of aryl methyl sites for hydroxylation is 1. The Morgan fingerprint density at radius 1 is 1.42 bits per heavy atom. The van der Waals surface area contributed by atoms with E-state index in [4.69, 9.17) is 9.84 Å². The second-order valence-corrected chi connectivity index (χ2v) is 6.91. The lowest BCUT2D eigenvalue weighted by atomic mass is 10.1. The highest BCUT2D eigenvalue weighted by Crippen LogP contribution is 2.18. The van der Waals surface area contributed by atoms with Crippen molar-refractivity contribution in [3.63, 3.8) is 0 Å². The molecule has 0 aromatic carbocycles. The van der Waals surface area contributed by atoms with E-state index in [1.54, 1.807) is 6.92 Å². The van der Waals surface area contributed by atoms with Gasteiger partial charge in [0.1, 0.15) is 5.60 Å². The number of piperidine rings is 1. The number of anilines is 1. The second kappa shape index (κ2) is 7.02. The average Bonchev–Trinajstić information content (AvgIpc) is 2.44. The van der Waals surface area contributed by atoms with Crippen LogP contribution in [0.5, 0.6) is 0 Å². The zero-order valence-corrected chi connectivity index (χ0v) is 14.5. The fraction of sp³-hybridized carbons (Fsp3) is 0.625. The van der Waals surface area contributed by atoms with Crippen LogP contribution in [0.25, 0.3) is 0 Å². The molecule has 1 fully saturated rings. The van der Waals surface area contributed by atoms with Gasteiger partial charge in [-0.3, -0.25) is 0 Å². The number of aromatic nitrogens is 2. The van der Waals surface area contributed by atoms with Gasteiger partial charge < -0.3 is 20.1 Å². The van der Waals surface area contributed by atoms with Gasteiger partial charge in [0.15, 0.2) is 0 Å². The van der Waals surface area contributed by atoms with Crippen LogP contribution in [-0.4, -0.2) is 51.9 Å². The Morgan fingerprint density at radius 3 is 2.71 bits per heavy atom. The molecular weight excluding hydrogens is 312 g/mol. The summed E-state index contributed by atoms with van der Waals surface area (Å²) in [7, 11) is 0. The third kappa shape index (κ3) is 4.81. The number of hydrogen-bond acceptors (Lipinski definition) is 6. The molecule has 0 spiro atoms. The fourth-order valence-electron chi connectivity index (χ4n) is 2.57. The smallest absolute Gasteiger partial charge is 0.407 e. The van der Waals surface area contributed by atoms with Gasteiger partial charge in [-0.25, -0.2) is 19.6 Å². The average molecular weight is 336 g/mol. The number of ether oxygens (including phenoxy) is 1. The van der Waals surface area contributed by atoms with Crippen LogP contribution in [-0.2, 0) is 4.74 Å². The fourth-order valence-corrected chi connectivity index (χ4v) is 2.57. The van der Waals surface area contributed by atoms with Crippen molar-refractivity contribution < 1.29 is 19.4 Å². The molecule has 8 heteroatoms. The maximum Gasteiger partial charge on any atom is 0.407 e. The summed E-state index contributed by atoms with van der Waals surface area (Å²) in [5, 5.41) is 11.9. The molecular formula is C16H24N4O4. The molecule has 0 unspecified atom stereocenters. The molecule has 2 N–H and O–H groups in total. The first kappa shape index (κ1) is 18.0. The molecule has 132 valence electrons. The van der Waals surface area contributed by atoms with E-state index in [2.05, 4.69) is 15.3 Å². The van der Waals surface area contributed by atoms with Crippen LogP contribution in [0.4, 0.5) is 10.7 Å². The zero-order chi connectivity index (χ0) is 17.9. The number of nitrogens with zero attached hydrogens (tertiary/aromatic N) is 3. The summed E-state index contributed by atoms with van der Waals surface area (Å²) in [6.07, 6.45) is 2.61. The molecule has 0 aliphatic carbocycles. The van der Waals surface area contributed by atoms with E-state index in [-0.39, 0.29) is 11.6 Å². The summed E-state index contributed by atoms with van der Waals surface area (Å²) in [6.45, 7) is 8.43. The molecule has 1 aromatic heterocycles. The molecule has 0 bridgehead atoms. The molecule has 8 nitrogen and oxygen atoms in total. The molecule has 2 heterocycles. The van der Waals surface area contributed by atoms with Crippen molar-refractivity contribution in [1.29, 1.82) is 0 Å². The minimum absolute atomic E-state index is 0.0587. The number of carbonyl (C=O) groups excluding carboxylic acids is 1. The van der Waals surface area contributed by atoms with Gasteiger partial charge in [0.2, 0.25) is 5.95 Å². The predicted octanol–water partition coefficient (Wildman–Crippen LogP) is 1.98. The van der Waals surface area contributed by atoms with Crippen LogP contribution in [0.3, 0.4) is 0 Å². The second-order valence-electron chi connectivity index (χ2n) is 6.91. The number of amides is 1. The minimum Gasteiger partial charge on any atom is -0.478 e. The first-order valence-electron chi connectivity index (χ1n) is 7.97. The standard InChI is InChI=1S/C16H24N4O4/c1-10-12(13(21)22)8-17-14(18-10)20-7-5-6-11(9-20)19-15(23)24-16(2,3)4/h8,11H,5-7,9H2,1-4H3,(H,19,23)(H,21,22)/t11-/m0/s1. The highest BCUT2D eigenvalue weighted by atomic mass is 16.6. The summed E-state index contributed by atoms with van der Waals surface area (Å²) in [6, 6.07) is -0.0587. The Bertz CT molecular complexity index is 627. The van der Waals surface area contributed by atoms with E-state index in [0.717, 1.165) is 19.4 Å². The Hall–Kier alpha value is -2.38. The first-order chi connectivity index (χ1) is 11.2. The largest absolute Gasteiger partial charge is 0.478 e. The van der Waals surface area contributed by atoms with Crippen molar-refractivity contribution in [3.8, 4) is 0 Å². The molecule has 1 amide bonds. The Labute approximate surface area is 141 Å². The van der Waals surface area contributed by atoms with Gasteiger partial charge in [-0.2, -0.15) is 0 Å². The van der Waals surface area contributed by atoms with Crippen LogP contribution in [0.1, 0.15) is 49.7 Å². The molecule has 0 radical (unpaired) electrons. The van der Waals surface area contributed by atoms with E-state index in [9.17, 15) is 9.59 Å². The Kier molecular flexibility index (Phi) is 5.26. The normalized spacial score (nSPS) is 18.2. The van der Waals surface area contributed by atoms with Gasteiger partial charge in [0.05, 0.1) is 11.3 Å².